The number of phenols is 24. The summed E-state index contributed by atoms with van der Waals surface area (Å²) < 4.78 is 37.0. The van der Waals surface area contributed by atoms with Crippen molar-refractivity contribution in [2.24, 2.45) is 0 Å². The van der Waals surface area contributed by atoms with Gasteiger partial charge in [0.1, 0.15) is 70.1 Å². The first-order valence-electron chi connectivity index (χ1n) is 29.5. The minimum Gasteiger partial charge on any atom is -0.507 e. The van der Waals surface area contributed by atoms with Gasteiger partial charge in [0, 0.05) is 99.9 Å². The van der Waals surface area contributed by atoms with Crippen LogP contribution in [0.4, 0.5) is 0 Å². The summed E-state index contributed by atoms with van der Waals surface area (Å²) >= 11 is 0. The van der Waals surface area contributed by atoms with Crippen molar-refractivity contribution in [1.82, 2.24) is 0 Å². The van der Waals surface area contributed by atoms with Gasteiger partial charge in [0.25, 0.3) is 0 Å². The van der Waals surface area contributed by atoms with Crippen LogP contribution in [-0.4, -0.2) is 159 Å². The van der Waals surface area contributed by atoms with Crippen LogP contribution >= 0.6 is 0 Å². The first-order chi connectivity index (χ1) is 47.7. The van der Waals surface area contributed by atoms with Crippen molar-refractivity contribution in [3.8, 4) is 155 Å². The highest BCUT2D eigenvalue weighted by Crippen LogP contribution is 2.57. The number of rotatable bonds is 13. The van der Waals surface area contributed by atoms with Crippen LogP contribution in [0.1, 0.15) is 112 Å². The van der Waals surface area contributed by atoms with E-state index in [4.69, 9.17) is 28.4 Å². The SMILES string of the molecule is C.O=C(O[C@H]1Cc2c(O)cc(O)c(Cc3c(O)c(Cc4c(O)cc(O)c5c4O[C@@H](c4cc(O)c(O)c(O)c4)[C@@H](OC(=O)c4cc(O)c(O)c(O)c4)C5)c4c(c3O)C[C@H](OC(=O)c3cc(O)c(O)c(O)c3)[C@H](c3cc(O)c(O)c(O)c3)O4)c2O[C@H]1c1cc(O)c(O)c(O)c1)c1cc(O)c(O)c(O)c1. The standard InChI is InChI=1S/C68H54O33.CH4/c69-33-18-35(71)28-15-49(96-66(93)23-7-43(79)57(90)44(80)8-23)60(20-1-37(73)54(87)38(74)2-20)99-63(28)26(33)13-30-52(85)31(65-32(53(30)86)17-51(62(101-65)22-5-41(77)56(89)42(78)6-22)98-68(95)25-11-47(83)59(92)48(84)12-25)14-27-34(70)19-36(72)29-16-50(97-67(94)24-9-45(81)58(91)46(82)10-24)61(100-64(27)29)21-3-39(75)55(88)40(76)4-21;/h1-12,18-19,49-51,60-62,69-92H,13-17H2;1H4/t49-,50-,51-,60-,61-,62-;/m0./s1. The molecule has 0 aliphatic carbocycles. The summed E-state index contributed by atoms with van der Waals surface area (Å²) in [7, 11) is 0. The van der Waals surface area contributed by atoms with Crippen molar-refractivity contribution in [3.05, 3.63) is 157 Å². The van der Waals surface area contributed by atoms with Gasteiger partial charge >= 0.3 is 17.9 Å². The third kappa shape index (κ3) is 12.2. The Balaban J connectivity index is 0.0000105. The third-order valence-corrected chi connectivity index (χ3v) is 17.2. The summed E-state index contributed by atoms with van der Waals surface area (Å²) in [6, 6.07) is 10.8. The van der Waals surface area contributed by atoms with Gasteiger partial charge < -0.3 is 151 Å². The predicted molar refractivity (Wildman–Crippen MR) is 339 cm³/mol. The zero-order chi connectivity index (χ0) is 73.0. The van der Waals surface area contributed by atoms with Gasteiger partial charge in [-0.05, 0) is 72.8 Å². The van der Waals surface area contributed by atoms with E-state index in [0.29, 0.717) is 36.4 Å². The predicted octanol–water partition coefficient (Wildman–Crippen LogP) is 7.14. The van der Waals surface area contributed by atoms with Gasteiger partial charge in [-0.25, -0.2) is 14.4 Å². The molecule has 3 aliphatic rings. The maximum atomic E-state index is 14.2. The van der Waals surface area contributed by atoms with Crippen LogP contribution in [0.5, 0.6) is 155 Å². The molecule has 0 fully saturated rings. The smallest absolute Gasteiger partial charge is 0.338 e. The molecule has 532 valence electrons. The van der Waals surface area contributed by atoms with Crippen LogP contribution in [0.15, 0.2) is 84.9 Å². The molecular formula is C69H58O33. The topological polar surface area (TPSA) is 592 Å². The summed E-state index contributed by atoms with van der Waals surface area (Å²) in [6.45, 7) is 0. The molecule has 102 heavy (non-hydrogen) atoms. The van der Waals surface area contributed by atoms with Gasteiger partial charge in [-0.3, -0.25) is 0 Å². The molecule has 6 atom stereocenters. The third-order valence-electron chi connectivity index (χ3n) is 17.2. The number of ether oxygens (including phenoxy) is 6. The fraction of sp³-hybridized carbons (Fsp3) is 0.174. The molecule has 24 N–H and O–H groups in total. The Morgan fingerprint density at radius 3 is 0.784 bits per heavy atom. The fourth-order valence-electron chi connectivity index (χ4n) is 12.2. The number of carbonyl (C=O) groups excluding carboxylic acids is 3. The van der Waals surface area contributed by atoms with E-state index >= 15 is 0 Å². The Labute approximate surface area is 570 Å². The van der Waals surface area contributed by atoms with Crippen molar-refractivity contribution in [3.63, 3.8) is 0 Å². The normalized spacial score (nSPS) is 17.2. The molecule has 9 aromatic rings. The van der Waals surface area contributed by atoms with Gasteiger partial charge in [0.15, 0.2) is 122 Å². The molecule has 33 nitrogen and oxygen atoms in total. The lowest BCUT2D eigenvalue weighted by Crippen LogP contribution is -2.36. The zero-order valence-corrected chi connectivity index (χ0v) is 51.0. The zero-order valence-electron chi connectivity index (χ0n) is 51.0. The van der Waals surface area contributed by atoms with E-state index in [1.165, 1.54) is 0 Å². The van der Waals surface area contributed by atoms with Crippen LogP contribution in [0.3, 0.4) is 0 Å². The van der Waals surface area contributed by atoms with E-state index in [2.05, 4.69) is 0 Å². The first-order valence-corrected chi connectivity index (χ1v) is 29.5. The summed E-state index contributed by atoms with van der Waals surface area (Å²) in [4.78, 5) is 41.9. The highest BCUT2D eigenvalue weighted by Gasteiger charge is 2.45. The van der Waals surface area contributed by atoms with Crippen LogP contribution in [-0.2, 0) is 46.3 Å². The monoisotopic (exact) mass is 1410 g/mol. The molecule has 0 bridgehead atoms. The molecule has 0 saturated heterocycles. The van der Waals surface area contributed by atoms with Crippen molar-refractivity contribution < 1.29 is 165 Å². The minimum absolute atomic E-state index is 0. The molecule has 0 amide bonds. The summed E-state index contributed by atoms with van der Waals surface area (Å²) in [5, 5.41) is 261. The molecule has 33 heteroatoms. The molecule has 0 aromatic heterocycles. The quantitative estimate of drug-likeness (QED) is 0.0309. The molecule has 0 unspecified atom stereocenters. The molecule has 0 spiro atoms. The van der Waals surface area contributed by atoms with E-state index < -0.39 is 286 Å². The van der Waals surface area contributed by atoms with Crippen molar-refractivity contribution >= 4 is 17.9 Å². The minimum atomic E-state index is -1.87. The molecule has 0 saturated carbocycles. The number of hydrogen-bond acceptors (Lipinski definition) is 33. The maximum Gasteiger partial charge on any atom is 0.338 e. The van der Waals surface area contributed by atoms with Crippen LogP contribution in [0, 0.1) is 0 Å². The van der Waals surface area contributed by atoms with Gasteiger partial charge in [0.2, 0.25) is 0 Å². The highest BCUT2D eigenvalue weighted by atomic mass is 16.6. The number of hydrogen-bond donors (Lipinski definition) is 24. The largest absolute Gasteiger partial charge is 0.507 e. The lowest BCUT2D eigenvalue weighted by atomic mass is 9.84. The Morgan fingerprint density at radius 1 is 0.275 bits per heavy atom. The van der Waals surface area contributed by atoms with E-state index in [0.717, 1.165) is 48.5 Å². The van der Waals surface area contributed by atoms with Crippen molar-refractivity contribution in [1.29, 1.82) is 0 Å². The van der Waals surface area contributed by atoms with Crippen LogP contribution < -0.4 is 14.2 Å². The lowest BCUT2D eigenvalue weighted by Gasteiger charge is -2.37. The average molecular weight is 1420 g/mol. The number of fused-ring (bicyclic) bond motifs is 3. The summed E-state index contributed by atoms with van der Waals surface area (Å²) in [5.74, 6) is -29.1. The van der Waals surface area contributed by atoms with Gasteiger partial charge in [-0.2, -0.15) is 0 Å². The Hall–Kier alpha value is -14.0. The number of phenolic OH excluding ortho intramolecular Hbond substituents is 24. The maximum absolute atomic E-state index is 14.2. The second-order valence-corrected chi connectivity index (χ2v) is 23.6. The van der Waals surface area contributed by atoms with E-state index in [1.54, 1.807) is 0 Å². The highest BCUT2D eigenvalue weighted by molar-refractivity contribution is 5.93. The van der Waals surface area contributed by atoms with E-state index in [1.807, 2.05) is 0 Å². The number of benzene rings is 9. The Kier molecular flexibility index (Phi) is 17.5. The Bertz CT molecular complexity index is 4860. The molecule has 3 heterocycles. The average Bonchev–Trinajstić information content (AvgIpc) is 0.738. The number of aromatic hydroxyl groups is 24. The molecule has 0 radical (unpaired) electrons. The molecular weight excluding hydrogens is 1360 g/mol. The summed E-state index contributed by atoms with van der Waals surface area (Å²) in [5.41, 5.74) is -5.96. The van der Waals surface area contributed by atoms with Gasteiger partial charge in [-0.15, -0.1) is 0 Å². The number of carbonyl (C=O) groups is 3. The van der Waals surface area contributed by atoms with Gasteiger partial charge in [-0.1, -0.05) is 7.43 Å². The van der Waals surface area contributed by atoms with Crippen molar-refractivity contribution in [2.75, 3.05) is 0 Å². The van der Waals surface area contributed by atoms with Crippen LogP contribution in [0.25, 0.3) is 0 Å². The molecule has 9 aromatic carbocycles. The van der Waals surface area contributed by atoms with Crippen LogP contribution in [0.2, 0.25) is 0 Å². The summed E-state index contributed by atoms with van der Waals surface area (Å²) in [6.07, 6.45) is -14.8. The first kappa shape index (κ1) is 69.3. The second kappa shape index (κ2) is 25.8. The Morgan fingerprint density at radius 2 is 0.510 bits per heavy atom. The molecule has 12 rings (SSSR count). The van der Waals surface area contributed by atoms with E-state index in [9.17, 15) is 137 Å². The van der Waals surface area contributed by atoms with Crippen molar-refractivity contribution in [2.45, 2.75) is 76.2 Å². The fourth-order valence-corrected chi connectivity index (χ4v) is 12.2. The second-order valence-electron chi connectivity index (χ2n) is 23.6. The molecule has 3 aliphatic heterocycles. The lowest BCUT2D eigenvalue weighted by molar-refractivity contribution is -0.0197. The van der Waals surface area contributed by atoms with E-state index in [-0.39, 0.29) is 35.2 Å². The van der Waals surface area contributed by atoms with Gasteiger partial charge in [0.05, 0.1) is 16.7 Å². The number of esters is 3.